The van der Waals surface area contributed by atoms with Crippen LogP contribution in [0.15, 0.2) is 42.5 Å². The summed E-state index contributed by atoms with van der Waals surface area (Å²) in [6.45, 7) is 4.04. The molecule has 104 valence electrons. The summed E-state index contributed by atoms with van der Waals surface area (Å²) in [7, 11) is 0. The maximum atomic E-state index is 9.72. The Balaban J connectivity index is 1.58. The number of benzene rings is 2. The summed E-state index contributed by atoms with van der Waals surface area (Å²) < 4.78 is 0. The molecule has 0 saturated heterocycles. The van der Waals surface area contributed by atoms with Crippen LogP contribution in [0.2, 0.25) is 0 Å². The van der Waals surface area contributed by atoms with Crippen molar-refractivity contribution in [2.45, 2.75) is 38.6 Å². The van der Waals surface area contributed by atoms with Crippen LogP contribution < -0.4 is 5.32 Å². The number of hydrogen-bond donors (Lipinski definition) is 2. The summed E-state index contributed by atoms with van der Waals surface area (Å²) in [6.07, 6.45) is 2.33. The predicted molar refractivity (Wildman–Crippen MR) is 83.4 cm³/mol. The van der Waals surface area contributed by atoms with Gasteiger partial charge in [-0.1, -0.05) is 35.9 Å². The SMILES string of the molecule is Cc1ccc(C2CC(Nc3ccc(C)c(O)c3)C2)cc1. The molecule has 2 aromatic rings. The molecule has 20 heavy (non-hydrogen) atoms. The molecule has 1 saturated carbocycles. The second-order valence-corrected chi connectivity index (χ2v) is 5.92. The molecule has 0 unspecified atom stereocenters. The first-order chi connectivity index (χ1) is 9.61. The first kappa shape index (κ1) is 13.0. The Hall–Kier alpha value is -1.96. The van der Waals surface area contributed by atoms with Gasteiger partial charge in [0.25, 0.3) is 0 Å². The molecule has 1 fully saturated rings. The van der Waals surface area contributed by atoms with Crippen molar-refractivity contribution in [3.8, 4) is 5.75 Å². The van der Waals surface area contributed by atoms with Gasteiger partial charge in [0.1, 0.15) is 5.75 Å². The van der Waals surface area contributed by atoms with Crippen LogP contribution in [-0.4, -0.2) is 11.1 Å². The quantitative estimate of drug-likeness (QED) is 0.865. The van der Waals surface area contributed by atoms with Gasteiger partial charge in [-0.2, -0.15) is 0 Å². The minimum absolute atomic E-state index is 0.365. The minimum atomic E-state index is 0.365. The van der Waals surface area contributed by atoms with Crippen LogP contribution in [-0.2, 0) is 0 Å². The van der Waals surface area contributed by atoms with Gasteiger partial charge in [0.05, 0.1) is 0 Å². The number of anilines is 1. The van der Waals surface area contributed by atoms with E-state index in [0.29, 0.717) is 17.7 Å². The summed E-state index contributed by atoms with van der Waals surface area (Å²) in [5, 5.41) is 13.2. The molecule has 0 bridgehead atoms. The van der Waals surface area contributed by atoms with Gasteiger partial charge in [-0.05, 0) is 49.8 Å². The van der Waals surface area contributed by atoms with E-state index in [-0.39, 0.29) is 0 Å². The third kappa shape index (κ3) is 2.64. The number of phenolic OH excluding ortho intramolecular Hbond substituents is 1. The molecule has 2 heteroatoms. The molecule has 0 aromatic heterocycles. The molecule has 0 radical (unpaired) electrons. The Morgan fingerprint density at radius 2 is 1.70 bits per heavy atom. The smallest absolute Gasteiger partial charge is 0.120 e. The normalized spacial score (nSPS) is 21.3. The molecule has 0 heterocycles. The van der Waals surface area contributed by atoms with Crippen LogP contribution in [0.4, 0.5) is 5.69 Å². The monoisotopic (exact) mass is 267 g/mol. The van der Waals surface area contributed by atoms with E-state index in [2.05, 4.69) is 36.5 Å². The van der Waals surface area contributed by atoms with Gasteiger partial charge in [-0.25, -0.2) is 0 Å². The van der Waals surface area contributed by atoms with Crippen molar-refractivity contribution in [1.29, 1.82) is 0 Å². The number of rotatable bonds is 3. The molecule has 3 rings (SSSR count). The highest BCUT2D eigenvalue weighted by Crippen LogP contribution is 2.38. The second kappa shape index (κ2) is 5.20. The van der Waals surface area contributed by atoms with Crippen molar-refractivity contribution in [3.05, 3.63) is 59.2 Å². The summed E-state index contributed by atoms with van der Waals surface area (Å²) in [5.74, 6) is 1.04. The van der Waals surface area contributed by atoms with Crippen LogP contribution in [0, 0.1) is 13.8 Å². The van der Waals surface area contributed by atoms with Crippen molar-refractivity contribution >= 4 is 5.69 Å². The van der Waals surface area contributed by atoms with E-state index in [0.717, 1.165) is 24.1 Å². The van der Waals surface area contributed by atoms with E-state index >= 15 is 0 Å². The summed E-state index contributed by atoms with van der Waals surface area (Å²) >= 11 is 0. The Kier molecular flexibility index (Phi) is 3.39. The van der Waals surface area contributed by atoms with E-state index in [4.69, 9.17) is 0 Å². The van der Waals surface area contributed by atoms with Crippen molar-refractivity contribution in [2.24, 2.45) is 0 Å². The van der Waals surface area contributed by atoms with Gasteiger partial charge in [0, 0.05) is 17.8 Å². The molecule has 1 aliphatic carbocycles. The average molecular weight is 267 g/mol. The zero-order valence-electron chi connectivity index (χ0n) is 12.1. The standard InChI is InChI=1S/C18H21NO/c1-12-3-6-14(7-4-12)15-9-17(10-15)19-16-8-5-13(2)18(20)11-16/h3-8,11,15,17,19-20H,9-10H2,1-2H3. The van der Waals surface area contributed by atoms with Crippen molar-refractivity contribution in [1.82, 2.24) is 0 Å². The van der Waals surface area contributed by atoms with Crippen LogP contribution >= 0.6 is 0 Å². The molecule has 2 N–H and O–H groups in total. The van der Waals surface area contributed by atoms with Gasteiger partial charge in [0.2, 0.25) is 0 Å². The number of aromatic hydroxyl groups is 1. The lowest BCUT2D eigenvalue weighted by Gasteiger charge is -2.37. The highest BCUT2D eigenvalue weighted by molar-refractivity contribution is 5.52. The van der Waals surface area contributed by atoms with Crippen LogP contribution in [0.5, 0.6) is 5.75 Å². The van der Waals surface area contributed by atoms with Gasteiger partial charge in [0.15, 0.2) is 0 Å². The zero-order chi connectivity index (χ0) is 14.1. The highest BCUT2D eigenvalue weighted by Gasteiger charge is 2.30. The maximum Gasteiger partial charge on any atom is 0.120 e. The van der Waals surface area contributed by atoms with Crippen LogP contribution in [0.25, 0.3) is 0 Å². The molecule has 2 aromatic carbocycles. The minimum Gasteiger partial charge on any atom is -0.508 e. The van der Waals surface area contributed by atoms with E-state index in [9.17, 15) is 5.11 Å². The number of phenols is 1. The number of aryl methyl sites for hydroxylation is 2. The topological polar surface area (TPSA) is 32.3 Å². The summed E-state index contributed by atoms with van der Waals surface area (Å²) in [4.78, 5) is 0. The molecule has 1 aliphatic rings. The molecular weight excluding hydrogens is 246 g/mol. The largest absolute Gasteiger partial charge is 0.508 e. The first-order valence-corrected chi connectivity index (χ1v) is 7.24. The molecule has 0 aliphatic heterocycles. The maximum absolute atomic E-state index is 9.72. The molecule has 0 spiro atoms. The lowest BCUT2D eigenvalue weighted by atomic mass is 9.75. The zero-order valence-corrected chi connectivity index (χ0v) is 12.1. The predicted octanol–water partition coefficient (Wildman–Crippen LogP) is 4.37. The third-order valence-electron chi connectivity index (χ3n) is 4.27. The summed E-state index contributed by atoms with van der Waals surface area (Å²) in [5.41, 5.74) is 4.69. The molecule has 0 atom stereocenters. The van der Waals surface area contributed by atoms with Crippen molar-refractivity contribution in [2.75, 3.05) is 5.32 Å². The molecular formula is C18H21NO. The van der Waals surface area contributed by atoms with Crippen molar-refractivity contribution < 1.29 is 5.11 Å². The van der Waals surface area contributed by atoms with E-state index in [1.165, 1.54) is 11.1 Å². The van der Waals surface area contributed by atoms with Gasteiger partial charge in [-0.15, -0.1) is 0 Å². The fraction of sp³-hybridized carbons (Fsp3) is 0.333. The Bertz CT molecular complexity index is 597. The lowest BCUT2D eigenvalue weighted by molar-refractivity contribution is 0.374. The van der Waals surface area contributed by atoms with Crippen LogP contribution in [0.1, 0.15) is 35.4 Å². The Labute approximate surface area is 120 Å². The van der Waals surface area contributed by atoms with E-state index < -0.39 is 0 Å². The van der Waals surface area contributed by atoms with Gasteiger partial charge >= 0.3 is 0 Å². The fourth-order valence-corrected chi connectivity index (χ4v) is 2.78. The highest BCUT2D eigenvalue weighted by atomic mass is 16.3. The molecule has 0 amide bonds. The van der Waals surface area contributed by atoms with Gasteiger partial charge < -0.3 is 10.4 Å². The first-order valence-electron chi connectivity index (χ1n) is 7.24. The van der Waals surface area contributed by atoms with E-state index in [1.54, 1.807) is 0 Å². The lowest BCUT2D eigenvalue weighted by Crippen LogP contribution is -2.33. The summed E-state index contributed by atoms with van der Waals surface area (Å²) in [6, 6.07) is 15.2. The third-order valence-corrected chi connectivity index (χ3v) is 4.27. The average Bonchev–Trinajstić information content (AvgIpc) is 2.39. The molecule has 2 nitrogen and oxygen atoms in total. The number of hydrogen-bond acceptors (Lipinski definition) is 2. The number of nitrogens with one attached hydrogen (secondary N) is 1. The Morgan fingerprint density at radius 3 is 2.35 bits per heavy atom. The van der Waals surface area contributed by atoms with E-state index in [1.807, 2.05) is 25.1 Å². The van der Waals surface area contributed by atoms with Gasteiger partial charge in [-0.3, -0.25) is 0 Å². The second-order valence-electron chi connectivity index (χ2n) is 5.92. The Morgan fingerprint density at radius 1 is 1.00 bits per heavy atom. The van der Waals surface area contributed by atoms with Crippen molar-refractivity contribution in [3.63, 3.8) is 0 Å². The van der Waals surface area contributed by atoms with Crippen LogP contribution in [0.3, 0.4) is 0 Å². The fourth-order valence-electron chi connectivity index (χ4n) is 2.78.